The average Bonchev–Trinajstić information content (AvgIpc) is 2.51. The molecule has 0 heterocycles. The number of amides is 3. The maximum atomic E-state index is 11.6. The molecule has 8 nitrogen and oxygen atoms in total. The summed E-state index contributed by atoms with van der Waals surface area (Å²) in [6.45, 7) is 0.0759. The average molecular weight is 322 g/mol. The number of primary amides is 1. The third-order valence-corrected chi connectivity index (χ3v) is 2.94. The first-order valence-electron chi connectivity index (χ1n) is 7.10. The summed E-state index contributed by atoms with van der Waals surface area (Å²) in [6, 6.07) is 7.02. The second kappa shape index (κ2) is 9.29. The summed E-state index contributed by atoms with van der Waals surface area (Å²) in [5, 5.41) is 4.91. The van der Waals surface area contributed by atoms with Crippen LogP contribution in [0.2, 0.25) is 0 Å². The van der Waals surface area contributed by atoms with Gasteiger partial charge in [-0.15, -0.1) is 0 Å². The van der Waals surface area contributed by atoms with Crippen molar-refractivity contribution in [1.82, 2.24) is 10.6 Å². The number of ether oxygens (including phenoxy) is 1. The van der Waals surface area contributed by atoms with E-state index in [0.717, 1.165) is 11.3 Å². The predicted molar refractivity (Wildman–Crippen MR) is 85.8 cm³/mol. The van der Waals surface area contributed by atoms with Gasteiger partial charge in [0.1, 0.15) is 0 Å². The number of carbonyl (C=O) groups is 3. The minimum Gasteiger partial charge on any atom is -0.456 e. The van der Waals surface area contributed by atoms with Crippen LogP contribution in [-0.4, -0.2) is 45.2 Å². The molecule has 0 atom stereocenters. The van der Waals surface area contributed by atoms with E-state index in [4.69, 9.17) is 10.5 Å². The predicted octanol–water partition coefficient (Wildman–Crippen LogP) is -0.0296. The molecule has 8 heteroatoms. The van der Waals surface area contributed by atoms with Gasteiger partial charge in [-0.25, -0.2) is 4.79 Å². The lowest BCUT2D eigenvalue weighted by Crippen LogP contribution is -2.32. The van der Waals surface area contributed by atoms with Crippen LogP contribution >= 0.6 is 0 Å². The fourth-order valence-corrected chi connectivity index (χ4v) is 1.67. The van der Waals surface area contributed by atoms with Crippen LogP contribution in [0.5, 0.6) is 0 Å². The van der Waals surface area contributed by atoms with Crippen molar-refractivity contribution in [3.63, 3.8) is 0 Å². The molecule has 0 aliphatic rings. The van der Waals surface area contributed by atoms with Gasteiger partial charge in [0.2, 0.25) is 0 Å². The quantitative estimate of drug-likeness (QED) is 0.582. The van der Waals surface area contributed by atoms with Crippen LogP contribution in [0, 0.1) is 0 Å². The monoisotopic (exact) mass is 322 g/mol. The molecule has 23 heavy (non-hydrogen) atoms. The van der Waals surface area contributed by atoms with E-state index >= 15 is 0 Å². The van der Waals surface area contributed by atoms with Crippen molar-refractivity contribution < 1.29 is 19.1 Å². The smallest absolute Gasteiger partial charge is 0.312 e. The molecule has 4 N–H and O–H groups in total. The molecule has 0 fully saturated rings. The summed E-state index contributed by atoms with van der Waals surface area (Å²) in [6.07, 6.45) is -0.0395. The third-order valence-electron chi connectivity index (χ3n) is 2.94. The number of nitrogens with one attached hydrogen (secondary N) is 2. The second-order valence-electron chi connectivity index (χ2n) is 5.04. The molecule has 0 aliphatic heterocycles. The van der Waals surface area contributed by atoms with E-state index in [9.17, 15) is 14.4 Å². The summed E-state index contributed by atoms with van der Waals surface area (Å²) < 4.78 is 4.77. The molecule has 0 aliphatic carbocycles. The van der Waals surface area contributed by atoms with Crippen LogP contribution in [0.4, 0.5) is 10.5 Å². The Bertz CT molecular complexity index is 543. The summed E-state index contributed by atoms with van der Waals surface area (Å²) in [4.78, 5) is 35.3. The van der Waals surface area contributed by atoms with Gasteiger partial charge in [-0.05, 0) is 17.7 Å². The summed E-state index contributed by atoms with van der Waals surface area (Å²) >= 11 is 0. The van der Waals surface area contributed by atoms with Crippen molar-refractivity contribution in [2.24, 2.45) is 5.73 Å². The molecule has 1 rings (SSSR count). The Morgan fingerprint density at radius 3 is 2.35 bits per heavy atom. The standard InChI is InChI=1S/C15H22N4O4/c1-19(2)12-5-3-11(4-6-12)9-18-13(20)10-23-14(21)7-8-17-15(16)22/h3-6H,7-10H2,1-2H3,(H,18,20)(H3,16,17,22). The maximum Gasteiger partial charge on any atom is 0.312 e. The minimum absolute atomic E-state index is 0.0395. The van der Waals surface area contributed by atoms with E-state index in [-0.39, 0.29) is 19.6 Å². The molecule has 0 saturated heterocycles. The Balaban J connectivity index is 2.23. The van der Waals surface area contributed by atoms with Crippen LogP contribution in [0.1, 0.15) is 12.0 Å². The van der Waals surface area contributed by atoms with E-state index in [1.165, 1.54) is 0 Å². The summed E-state index contributed by atoms with van der Waals surface area (Å²) in [7, 11) is 3.90. The van der Waals surface area contributed by atoms with Gasteiger partial charge in [-0.1, -0.05) is 12.1 Å². The number of benzene rings is 1. The first-order chi connectivity index (χ1) is 10.9. The Morgan fingerprint density at radius 2 is 1.78 bits per heavy atom. The van der Waals surface area contributed by atoms with Crippen molar-refractivity contribution >= 4 is 23.6 Å². The van der Waals surface area contributed by atoms with Gasteiger partial charge < -0.3 is 26.0 Å². The maximum absolute atomic E-state index is 11.6. The zero-order valence-corrected chi connectivity index (χ0v) is 13.3. The number of nitrogens with two attached hydrogens (primary N) is 1. The number of nitrogens with zero attached hydrogens (tertiary/aromatic N) is 1. The van der Waals surface area contributed by atoms with Crippen molar-refractivity contribution in [3.8, 4) is 0 Å². The van der Waals surface area contributed by atoms with Gasteiger partial charge in [-0.3, -0.25) is 9.59 Å². The number of carbonyl (C=O) groups excluding carboxylic acids is 3. The molecule has 0 radical (unpaired) electrons. The molecule has 0 unspecified atom stereocenters. The highest BCUT2D eigenvalue weighted by atomic mass is 16.5. The van der Waals surface area contributed by atoms with E-state index in [0.29, 0.717) is 6.54 Å². The molecule has 1 aromatic rings. The lowest BCUT2D eigenvalue weighted by Gasteiger charge is -2.13. The van der Waals surface area contributed by atoms with Gasteiger partial charge in [0.25, 0.3) is 5.91 Å². The lowest BCUT2D eigenvalue weighted by atomic mass is 10.2. The van der Waals surface area contributed by atoms with Gasteiger partial charge in [0, 0.05) is 32.9 Å². The number of anilines is 1. The van der Waals surface area contributed by atoms with Crippen LogP contribution < -0.4 is 21.3 Å². The Hall–Kier alpha value is -2.77. The van der Waals surface area contributed by atoms with Crippen LogP contribution in [0.25, 0.3) is 0 Å². The van der Waals surface area contributed by atoms with Crippen LogP contribution in [0.3, 0.4) is 0 Å². The molecule has 0 spiro atoms. The number of urea groups is 1. The van der Waals surface area contributed by atoms with Crippen molar-refractivity contribution in [3.05, 3.63) is 29.8 Å². The molecule has 0 aromatic heterocycles. The van der Waals surface area contributed by atoms with E-state index in [1.807, 2.05) is 43.3 Å². The van der Waals surface area contributed by atoms with Gasteiger partial charge in [-0.2, -0.15) is 0 Å². The summed E-state index contributed by atoms with van der Waals surface area (Å²) in [5.74, 6) is -0.970. The van der Waals surface area contributed by atoms with Gasteiger partial charge in [0.05, 0.1) is 6.42 Å². The largest absolute Gasteiger partial charge is 0.456 e. The first-order valence-corrected chi connectivity index (χ1v) is 7.10. The fourth-order valence-electron chi connectivity index (χ4n) is 1.67. The Kier molecular flexibility index (Phi) is 7.38. The molecule has 1 aromatic carbocycles. The number of rotatable bonds is 8. The zero-order valence-electron chi connectivity index (χ0n) is 13.3. The third kappa shape index (κ3) is 7.70. The first kappa shape index (κ1) is 18.3. The van der Waals surface area contributed by atoms with E-state index < -0.39 is 17.9 Å². The van der Waals surface area contributed by atoms with Crippen LogP contribution in [-0.2, 0) is 20.9 Å². The van der Waals surface area contributed by atoms with Crippen molar-refractivity contribution in [2.75, 3.05) is 32.1 Å². The number of hydrogen-bond acceptors (Lipinski definition) is 5. The normalized spacial score (nSPS) is 9.83. The molecule has 0 saturated carbocycles. The molecule has 126 valence electrons. The highest BCUT2D eigenvalue weighted by molar-refractivity contribution is 5.80. The zero-order chi connectivity index (χ0) is 17.2. The highest BCUT2D eigenvalue weighted by Crippen LogP contribution is 2.11. The second-order valence-corrected chi connectivity index (χ2v) is 5.04. The topological polar surface area (TPSA) is 114 Å². The van der Waals surface area contributed by atoms with Gasteiger partial charge in [0.15, 0.2) is 6.61 Å². The highest BCUT2D eigenvalue weighted by Gasteiger charge is 2.07. The Morgan fingerprint density at radius 1 is 1.13 bits per heavy atom. The minimum atomic E-state index is -0.712. The summed E-state index contributed by atoms with van der Waals surface area (Å²) in [5.41, 5.74) is 6.87. The molecule has 0 bridgehead atoms. The lowest BCUT2D eigenvalue weighted by molar-refractivity contribution is -0.148. The van der Waals surface area contributed by atoms with Gasteiger partial charge >= 0.3 is 12.0 Å². The SMILES string of the molecule is CN(C)c1ccc(CNC(=O)COC(=O)CCNC(N)=O)cc1. The Labute approximate surface area is 135 Å². The molecular weight excluding hydrogens is 300 g/mol. The van der Waals surface area contributed by atoms with E-state index in [1.54, 1.807) is 0 Å². The fraction of sp³-hybridized carbons (Fsp3) is 0.400. The van der Waals surface area contributed by atoms with E-state index in [2.05, 4.69) is 10.6 Å². The molecule has 3 amide bonds. The number of esters is 1. The van der Waals surface area contributed by atoms with Crippen molar-refractivity contribution in [2.45, 2.75) is 13.0 Å². The van der Waals surface area contributed by atoms with Crippen molar-refractivity contribution in [1.29, 1.82) is 0 Å². The molecular formula is C15H22N4O4. The van der Waals surface area contributed by atoms with Crippen LogP contribution in [0.15, 0.2) is 24.3 Å². The number of hydrogen-bond donors (Lipinski definition) is 3.